The Labute approximate surface area is 135 Å². The Kier molecular flexibility index (Phi) is 4.69. The van der Waals surface area contributed by atoms with E-state index >= 15 is 0 Å². The minimum atomic E-state index is -0.110. The van der Waals surface area contributed by atoms with Crippen LogP contribution in [-0.2, 0) is 0 Å². The zero-order valence-corrected chi connectivity index (χ0v) is 14.2. The zero-order chi connectivity index (χ0) is 15.0. The highest BCUT2D eigenvalue weighted by molar-refractivity contribution is 9.10. The van der Waals surface area contributed by atoms with Gasteiger partial charge in [-0.3, -0.25) is 4.90 Å². The van der Waals surface area contributed by atoms with Crippen LogP contribution in [0.4, 0.5) is 0 Å². The summed E-state index contributed by atoms with van der Waals surface area (Å²) >= 11 is 3.57. The van der Waals surface area contributed by atoms with Crippen molar-refractivity contribution in [3.05, 3.63) is 34.3 Å². The van der Waals surface area contributed by atoms with Gasteiger partial charge in [-0.25, -0.2) is 0 Å². The third kappa shape index (κ3) is 3.04. The molecule has 0 amide bonds. The van der Waals surface area contributed by atoms with E-state index in [-0.39, 0.29) is 18.2 Å². The van der Waals surface area contributed by atoms with Crippen LogP contribution in [0.1, 0.15) is 37.8 Å². The maximum Gasteiger partial charge on any atom is 0.0583 e. The van der Waals surface area contributed by atoms with Gasteiger partial charge in [0.25, 0.3) is 0 Å². The Morgan fingerprint density at radius 3 is 2.86 bits per heavy atom. The molecule has 0 radical (unpaired) electrons. The topological polar surface area (TPSA) is 49.5 Å². The van der Waals surface area contributed by atoms with Crippen LogP contribution in [0.5, 0.6) is 0 Å². The second-order valence-electron chi connectivity index (χ2n) is 6.59. The molecule has 1 aromatic carbocycles. The Morgan fingerprint density at radius 1 is 1.38 bits per heavy atom. The molecule has 1 aliphatic carbocycles. The number of hydrogen-bond donors (Lipinski definition) is 2. The molecule has 0 bridgehead atoms. The monoisotopic (exact) mass is 352 g/mol. The molecule has 3 N–H and O–H groups in total. The lowest BCUT2D eigenvalue weighted by Crippen LogP contribution is -2.40. The van der Waals surface area contributed by atoms with E-state index in [4.69, 9.17) is 5.73 Å². The van der Waals surface area contributed by atoms with Crippen molar-refractivity contribution < 1.29 is 5.11 Å². The molecule has 1 saturated heterocycles. The smallest absolute Gasteiger partial charge is 0.0583 e. The maximum atomic E-state index is 10.1. The summed E-state index contributed by atoms with van der Waals surface area (Å²) in [5.41, 5.74) is 7.73. The van der Waals surface area contributed by atoms with Crippen LogP contribution in [0.25, 0.3) is 0 Å². The second-order valence-corrected chi connectivity index (χ2v) is 7.51. The van der Waals surface area contributed by atoms with E-state index in [0.29, 0.717) is 11.8 Å². The Hall–Kier alpha value is -0.420. The highest BCUT2D eigenvalue weighted by Gasteiger charge is 2.44. The Morgan fingerprint density at radius 2 is 2.19 bits per heavy atom. The molecule has 0 spiro atoms. The fourth-order valence-electron chi connectivity index (χ4n) is 4.14. The van der Waals surface area contributed by atoms with Gasteiger partial charge in [-0.2, -0.15) is 0 Å². The van der Waals surface area contributed by atoms with Crippen molar-refractivity contribution in [2.45, 2.75) is 44.4 Å². The van der Waals surface area contributed by atoms with Crippen molar-refractivity contribution in [2.24, 2.45) is 17.6 Å². The lowest BCUT2D eigenvalue weighted by Gasteiger charge is -2.33. The van der Waals surface area contributed by atoms with E-state index in [1.54, 1.807) is 0 Å². The molecule has 116 valence electrons. The summed E-state index contributed by atoms with van der Waals surface area (Å²) in [5.74, 6) is 1.10. The molecule has 5 unspecified atom stereocenters. The number of fused-ring (bicyclic) bond motifs is 1. The van der Waals surface area contributed by atoms with Gasteiger partial charge in [0.2, 0.25) is 0 Å². The van der Waals surface area contributed by atoms with E-state index in [1.807, 2.05) is 0 Å². The summed E-state index contributed by atoms with van der Waals surface area (Å²) in [6.07, 6.45) is 2.99. The van der Waals surface area contributed by atoms with Crippen LogP contribution in [-0.4, -0.2) is 35.2 Å². The lowest BCUT2D eigenvalue weighted by molar-refractivity contribution is 0.114. The first-order chi connectivity index (χ1) is 10.1. The highest BCUT2D eigenvalue weighted by atomic mass is 79.9. The predicted molar refractivity (Wildman–Crippen MR) is 88.9 cm³/mol. The van der Waals surface area contributed by atoms with Crippen molar-refractivity contribution >= 4 is 15.9 Å². The largest absolute Gasteiger partial charge is 0.393 e. The number of benzene rings is 1. The van der Waals surface area contributed by atoms with Gasteiger partial charge in [-0.1, -0.05) is 35.0 Å². The van der Waals surface area contributed by atoms with Gasteiger partial charge < -0.3 is 10.8 Å². The van der Waals surface area contributed by atoms with Crippen LogP contribution < -0.4 is 5.73 Å². The molecule has 5 atom stereocenters. The number of hydrogen-bond acceptors (Lipinski definition) is 3. The van der Waals surface area contributed by atoms with Crippen molar-refractivity contribution in [3.63, 3.8) is 0 Å². The minimum absolute atomic E-state index is 0.110. The summed E-state index contributed by atoms with van der Waals surface area (Å²) in [6, 6.07) is 8.89. The van der Waals surface area contributed by atoms with Gasteiger partial charge in [0, 0.05) is 35.6 Å². The summed E-state index contributed by atoms with van der Waals surface area (Å²) in [5, 5.41) is 10.1. The number of nitrogens with zero attached hydrogens (tertiary/aromatic N) is 1. The second kappa shape index (κ2) is 6.37. The minimum Gasteiger partial charge on any atom is -0.393 e. The SMILES string of the molecule is CCC(N)C(c1cccc(Br)c1)N1CC2CCC(O)C2C1. The number of aliphatic hydroxyl groups is 1. The summed E-state index contributed by atoms with van der Waals surface area (Å²) < 4.78 is 1.10. The molecule has 1 aromatic rings. The molecule has 2 fully saturated rings. The first kappa shape index (κ1) is 15.5. The maximum absolute atomic E-state index is 10.1. The lowest BCUT2D eigenvalue weighted by atomic mass is 9.96. The van der Waals surface area contributed by atoms with E-state index in [9.17, 15) is 5.11 Å². The van der Waals surface area contributed by atoms with Crippen molar-refractivity contribution in [3.8, 4) is 0 Å². The van der Waals surface area contributed by atoms with Crippen LogP contribution in [0.3, 0.4) is 0 Å². The number of halogens is 1. The predicted octanol–water partition coefficient (Wildman–Crippen LogP) is 2.93. The summed E-state index contributed by atoms with van der Waals surface area (Å²) in [6.45, 7) is 4.21. The number of rotatable bonds is 4. The third-order valence-corrected chi connectivity index (χ3v) is 5.80. The van der Waals surface area contributed by atoms with Crippen LogP contribution in [0.15, 0.2) is 28.7 Å². The molecule has 1 saturated carbocycles. The van der Waals surface area contributed by atoms with Gasteiger partial charge in [-0.15, -0.1) is 0 Å². The first-order valence-corrected chi connectivity index (χ1v) is 8.82. The van der Waals surface area contributed by atoms with Gasteiger partial charge in [0.1, 0.15) is 0 Å². The molecule has 4 heteroatoms. The summed E-state index contributed by atoms with van der Waals surface area (Å²) in [7, 11) is 0. The van der Waals surface area contributed by atoms with Crippen molar-refractivity contribution in [1.29, 1.82) is 0 Å². The van der Waals surface area contributed by atoms with Gasteiger partial charge in [0.15, 0.2) is 0 Å². The van der Waals surface area contributed by atoms with Crippen molar-refractivity contribution in [2.75, 3.05) is 13.1 Å². The Bertz CT molecular complexity index is 495. The third-order valence-electron chi connectivity index (χ3n) is 5.31. The van der Waals surface area contributed by atoms with Crippen LogP contribution in [0, 0.1) is 11.8 Å². The van der Waals surface area contributed by atoms with Crippen LogP contribution >= 0.6 is 15.9 Å². The molecular weight excluding hydrogens is 328 g/mol. The van der Waals surface area contributed by atoms with Gasteiger partial charge in [0.05, 0.1) is 6.10 Å². The quantitative estimate of drug-likeness (QED) is 0.875. The first-order valence-electron chi connectivity index (χ1n) is 8.03. The van der Waals surface area contributed by atoms with Crippen LogP contribution in [0.2, 0.25) is 0 Å². The molecule has 3 nitrogen and oxygen atoms in total. The fourth-order valence-corrected chi connectivity index (χ4v) is 4.56. The molecule has 0 aromatic heterocycles. The molecule has 3 rings (SSSR count). The standard InChI is InChI=1S/C17H25BrN2O/c1-2-15(19)17(11-4-3-5-13(18)8-11)20-9-12-6-7-16(21)14(12)10-20/h3-5,8,12,14-17,21H,2,6-7,9-10,19H2,1H3. The number of likely N-dealkylation sites (tertiary alicyclic amines) is 1. The molecule has 1 heterocycles. The van der Waals surface area contributed by atoms with E-state index < -0.39 is 0 Å². The molecule has 2 aliphatic rings. The zero-order valence-electron chi connectivity index (χ0n) is 12.6. The van der Waals surface area contributed by atoms with E-state index in [1.165, 1.54) is 5.56 Å². The molecule has 1 aliphatic heterocycles. The van der Waals surface area contributed by atoms with E-state index in [2.05, 4.69) is 52.0 Å². The Balaban J connectivity index is 1.84. The van der Waals surface area contributed by atoms with Gasteiger partial charge >= 0.3 is 0 Å². The average molecular weight is 353 g/mol. The normalized spacial score (nSPS) is 32.1. The highest BCUT2D eigenvalue weighted by Crippen LogP contribution is 2.42. The molecule has 21 heavy (non-hydrogen) atoms. The van der Waals surface area contributed by atoms with E-state index in [0.717, 1.165) is 36.8 Å². The fraction of sp³-hybridized carbons (Fsp3) is 0.647. The van der Waals surface area contributed by atoms with Gasteiger partial charge in [-0.05, 0) is 42.9 Å². The summed E-state index contributed by atoms with van der Waals surface area (Å²) in [4.78, 5) is 2.51. The number of nitrogens with two attached hydrogens (primary N) is 1. The van der Waals surface area contributed by atoms with Crippen molar-refractivity contribution in [1.82, 2.24) is 4.90 Å². The number of aliphatic hydroxyl groups excluding tert-OH is 1. The molecular formula is C17H25BrN2O. The average Bonchev–Trinajstić information content (AvgIpc) is 3.02.